The molecule has 4 N–H and O–H groups in total. The standard InChI is InChI=1S/C25H33ClN4O6/c1-4-35-25-18(11-19(31)36-25)28-23(33)21-13-5-7-15(9-13)30(21)24(34)20(12(2)3)29-22(32)14-6-8-17(27)16(26)10-14/h6,8,10,12-13,15,18,20-21,25H,4-5,7,9,11,27H2,1-3H3,(H,28,33)(H,29,32)/t13-,15-,18?,20-,21-,25+/m0/s1. The maximum absolute atomic E-state index is 13.8. The molecule has 36 heavy (non-hydrogen) atoms. The van der Waals surface area contributed by atoms with E-state index in [9.17, 15) is 19.2 Å². The first-order chi connectivity index (χ1) is 17.1. The fourth-order valence-corrected chi connectivity index (χ4v) is 5.63. The molecule has 3 aliphatic rings. The Labute approximate surface area is 215 Å². The van der Waals surface area contributed by atoms with E-state index >= 15 is 0 Å². The molecule has 2 saturated heterocycles. The van der Waals surface area contributed by atoms with Crippen LogP contribution in [0.2, 0.25) is 5.02 Å². The van der Waals surface area contributed by atoms with Crippen molar-refractivity contribution in [2.45, 2.75) is 76.9 Å². The van der Waals surface area contributed by atoms with Gasteiger partial charge in [0.15, 0.2) is 0 Å². The second-order valence-corrected chi connectivity index (χ2v) is 10.4. The number of hydrogen-bond donors (Lipinski definition) is 3. The Hall–Kier alpha value is -2.85. The first-order valence-electron chi connectivity index (χ1n) is 12.4. The zero-order valence-corrected chi connectivity index (χ0v) is 21.4. The van der Waals surface area contributed by atoms with Gasteiger partial charge in [0, 0.05) is 18.2 Å². The number of nitrogens with one attached hydrogen (secondary N) is 2. The number of halogens is 1. The fraction of sp³-hybridized carbons (Fsp3) is 0.600. The summed E-state index contributed by atoms with van der Waals surface area (Å²) < 4.78 is 10.6. The van der Waals surface area contributed by atoms with E-state index in [1.807, 2.05) is 13.8 Å². The number of likely N-dealkylation sites (tertiary alicyclic amines) is 1. The van der Waals surface area contributed by atoms with Crippen LogP contribution in [-0.4, -0.2) is 65.7 Å². The number of nitrogens with zero attached hydrogens (tertiary/aromatic N) is 1. The summed E-state index contributed by atoms with van der Waals surface area (Å²) >= 11 is 6.07. The third-order valence-corrected chi connectivity index (χ3v) is 7.54. The van der Waals surface area contributed by atoms with Crippen molar-refractivity contribution < 1.29 is 28.7 Å². The molecule has 0 aromatic heterocycles. The molecule has 4 rings (SSSR count). The van der Waals surface area contributed by atoms with E-state index in [1.54, 1.807) is 17.9 Å². The second-order valence-electron chi connectivity index (χ2n) is 9.98. The molecule has 2 aliphatic heterocycles. The van der Waals surface area contributed by atoms with Crippen LogP contribution in [0.15, 0.2) is 18.2 Å². The molecule has 2 bridgehead atoms. The van der Waals surface area contributed by atoms with Crippen LogP contribution in [0.1, 0.15) is 56.8 Å². The van der Waals surface area contributed by atoms with Gasteiger partial charge in [0.1, 0.15) is 18.1 Å². The average molecular weight is 521 g/mol. The lowest BCUT2D eigenvalue weighted by atomic mass is 9.95. The number of carbonyl (C=O) groups excluding carboxylic acids is 4. The van der Waals surface area contributed by atoms with Crippen LogP contribution in [0.5, 0.6) is 0 Å². The molecular formula is C25H33ClN4O6. The topological polar surface area (TPSA) is 140 Å². The number of benzene rings is 1. The number of fused-ring (bicyclic) bond motifs is 2. The minimum Gasteiger partial charge on any atom is -0.433 e. The molecule has 1 unspecified atom stereocenters. The summed E-state index contributed by atoms with van der Waals surface area (Å²) in [6.45, 7) is 5.80. The predicted molar refractivity (Wildman–Crippen MR) is 132 cm³/mol. The summed E-state index contributed by atoms with van der Waals surface area (Å²) in [5.74, 6) is -1.73. The number of esters is 1. The molecular weight excluding hydrogens is 488 g/mol. The maximum Gasteiger partial charge on any atom is 0.310 e. The van der Waals surface area contributed by atoms with E-state index in [2.05, 4.69) is 10.6 Å². The third kappa shape index (κ3) is 5.15. The minimum atomic E-state index is -0.844. The molecule has 1 aromatic rings. The smallest absolute Gasteiger partial charge is 0.310 e. The molecule has 2 heterocycles. The molecule has 1 aliphatic carbocycles. The van der Waals surface area contributed by atoms with Crippen LogP contribution in [0.4, 0.5) is 5.69 Å². The average Bonchev–Trinajstić information content (AvgIpc) is 3.53. The van der Waals surface area contributed by atoms with E-state index in [4.69, 9.17) is 26.8 Å². The number of carbonyl (C=O) groups is 4. The number of nitrogens with two attached hydrogens (primary N) is 1. The van der Waals surface area contributed by atoms with Crippen LogP contribution in [0.25, 0.3) is 0 Å². The largest absolute Gasteiger partial charge is 0.433 e. The molecule has 6 atom stereocenters. The second kappa shape index (κ2) is 10.6. The van der Waals surface area contributed by atoms with Crippen molar-refractivity contribution in [2.24, 2.45) is 11.8 Å². The number of hydrogen-bond acceptors (Lipinski definition) is 7. The van der Waals surface area contributed by atoms with Gasteiger partial charge in [0.25, 0.3) is 5.91 Å². The maximum atomic E-state index is 13.8. The van der Waals surface area contributed by atoms with Crippen molar-refractivity contribution >= 4 is 41.0 Å². The fourth-order valence-electron chi connectivity index (χ4n) is 5.45. The van der Waals surface area contributed by atoms with Crippen molar-refractivity contribution in [2.75, 3.05) is 12.3 Å². The van der Waals surface area contributed by atoms with Crippen LogP contribution in [0, 0.1) is 11.8 Å². The minimum absolute atomic E-state index is 0.0139. The summed E-state index contributed by atoms with van der Waals surface area (Å²) in [6.07, 6.45) is 1.54. The highest BCUT2D eigenvalue weighted by Crippen LogP contribution is 2.43. The molecule has 196 valence electrons. The summed E-state index contributed by atoms with van der Waals surface area (Å²) in [6, 6.07) is 2.34. The number of rotatable bonds is 8. The van der Waals surface area contributed by atoms with Crippen molar-refractivity contribution in [3.8, 4) is 0 Å². The number of anilines is 1. The molecule has 3 fully saturated rings. The van der Waals surface area contributed by atoms with Gasteiger partial charge in [-0.25, -0.2) is 0 Å². The van der Waals surface area contributed by atoms with E-state index in [1.165, 1.54) is 12.1 Å². The van der Waals surface area contributed by atoms with Crippen molar-refractivity contribution in [1.29, 1.82) is 0 Å². The SMILES string of the molecule is CCO[C@@H]1OC(=O)CC1NC(=O)[C@@H]1[C@H]2CC[C@@H](C2)N1C(=O)[C@@H](NC(=O)c1ccc(N)c(Cl)c1)C(C)C. The van der Waals surface area contributed by atoms with Crippen LogP contribution in [-0.2, 0) is 23.9 Å². The van der Waals surface area contributed by atoms with Gasteiger partial charge >= 0.3 is 5.97 Å². The number of nitrogen functional groups attached to an aromatic ring is 1. The van der Waals surface area contributed by atoms with Gasteiger partial charge in [-0.15, -0.1) is 0 Å². The van der Waals surface area contributed by atoms with Gasteiger partial charge in [-0.2, -0.15) is 0 Å². The van der Waals surface area contributed by atoms with Crippen molar-refractivity contribution in [3.63, 3.8) is 0 Å². The number of cyclic esters (lactones) is 1. The summed E-state index contributed by atoms with van der Waals surface area (Å²) in [5, 5.41) is 5.97. The van der Waals surface area contributed by atoms with Crippen LogP contribution in [0.3, 0.4) is 0 Å². The van der Waals surface area contributed by atoms with Crippen LogP contribution < -0.4 is 16.4 Å². The van der Waals surface area contributed by atoms with Gasteiger partial charge in [0.2, 0.25) is 18.1 Å². The quantitative estimate of drug-likeness (QED) is 0.351. The Morgan fingerprint density at radius 2 is 2.03 bits per heavy atom. The first-order valence-corrected chi connectivity index (χ1v) is 12.8. The summed E-state index contributed by atoms with van der Waals surface area (Å²) in [7, 11) is 0. The van der Waals surface area contributed by atoms with Crippen molar-refractivity contribution in [1.82, 2.24) is 15.5 Å². The Morgan fingerprint density at radius 1 is 1.28 bits per heavy atom. The lowest BCUT2D eigenvalue weighted by Gasteiger charge is -2.38. The molecule has 10 nitrogen and oxygen atoms in total. The van der Waals surface area contributed by atoms with Crippen molar-refractivity contribution in [3.05, 3.63) is 28.8 Å². The van der Waals surface area contributed by atoms with Gasteiger partial charge < -0.3 is 30.7 Å². The summed E-state index contributed by atoms with van der Waals surface area (Å²) in [5.41, 5.74) is 6.39. The third-order valence-electron chi connectivity index (χ3n) is 7.21. The first kappa shape index (κ1) is 26.2. The lowest BCUT2D eigenvalue weighted by Crippen LogP contribution is -2.60. The Balaban J connectivity index is 1.51. The number of ether oxygens (including phenoxy) is 2. The monoisotopic (exact) mass is 520 g/mol. The highest BCUT2D eigenvalue weighted by atomic mass is 35.5. The highest BCUT2D eigenvalue weighted by molar-refractivity contribution is 6.33. The molecule has 1 aromatic carbocycles. The molecule has 11 heteroatoms. The van der Waals surface area contributed by atoms with Gasteiger partial charge in [-0.1, -0.05) is 25.4 Å². The van der Waals surface area contributed by atoms with Gasteiger partial charge in [0.05, 0.1) is 17.1 Å². The highest BCUT2D eigenvalue weighted by Gasteiger charge is 2.53. The zero-order valence-electron chi connectivity index (χ0n) is 20.7. The van der Waals surface area contributed by atoms with Gasteiger partial charge in [-0.05, 0) is 56.2 Å². The Bertz CT molecular complexity index is 1050. The normalized spacial score (nSPS) is 27.8. The number of amides is 3. The molecule has 3 amide bonds. The molecule has 0 radical (unpaired) electrons. The molecule has 1 saturated carbocycles. The summed E-state index contributed by atoms with van der Waals surface area (Å²) in [4.78, 5) is 53.6. The van der Waals surface area contributed by atoms with E-state index in [-0.39, 0.29) is 46.7 Å². The van der Waals surface area contributed by atoms with E-state index < -0.39 is 36.3 Å². The van der Waals surface area contributed by atoms with Crippen LogP contribution >= 0.6 is 11.6 Å². The Kier molecular flexibility index (Phi) is 7.75. The molecule has 0 spiro atoms. The zero-order chi connectivity index (χ0) is 26.1. The van der Waals surface area contributed by atoms with E-state index in [0.29, 0.717) is 12.3 Å². The number of piperidine rings is 1. The predicted octanol–water partition coefficient (Wildman–Crippen LogP) is 1.85. The Morgan fingerprint density at radius 3 is 2.69 bits per heavy atom. The van der Waals surface area contributed by atoms with E-state index in [0.717, 1.165) is 19.3 Å². The lowest BCUT2D eigenvalue weighted by molar-refractivity contribution is -0.165. The van der Waals surface area contributed by atoms with Gasteiger partial charge in [-0.3, -0.25) is 19.2 Å².